The minimum absolute atomic E-state index is 0.000441. The van der Waals surface area contributed by atoms with Gasteiger partial charge in [0.2, 0.25) is 0 Å². The van der Waals surface area contributed by atoms with Gasteiger partial charge in [-0.3, -0.25) is 9.59 Å². The molecule has 3 aliphatic rings. The summed E-state index contributed by atoms with van der Waals surface area (Å²) in [5.74, 6) is 0.679. The monoisotopic (exact) mass is 514 g/mol. The molecule has 2 fully saturated rings. The second kappa shape index (κ2) is 8.65. The summed E-state index contributed by atoms with van der Waals surface area (Å²) in [6.07, 6.45) is 1.52. The van der Waals surface area contributed by atoms with Crippen LogP contribution in [0.4, 0.5) is 0 Å². The molecule has 184 valence electrons. The van der Waals surface area contributed by atoms with E-state index < -0.39 is 5.41 Å². The summed E-state index contributed by atoms with van der Waals surface area (Å²) >= 11 is 12.3. The first-order valence-electron chi connectivity index (χ1n) is 11.9. The van der Waals surface area contributed by atoms with Crippen LogP contribution in [0.25, 0.3) is 5.57 Å². The summed E-state index contributed by atoms with van der Waals surface area (Å²) in [4.78, 5) is 26.7. The van der Waals surface area contributed by atoms with E-state index in [-0.39, 0.29) is 35.8 Å². The van der Waals surface area contributed by atoms with E-state index in [1.54, 1.807) is 18.2 Å². The van der Waals surface area contributed by atoms with Crippen molar-refractivity contribution in [3.63, 3.8) is 0 Å². The van der Waals surface area contributed by atoms with Crippen LogP contribution in [0.1, 0.15) is 50.3 Å². The molecule has 2 aromatic rings. The van der Waals surface area contributed by atoms with Gasteiger partial charge >= 0.3 is 5.97 Å². The number of aryl methyl sites for hydroxylation is 2. The van der Waals surface area contributed by atoms with Crippen LogP contribution in [0.5, 0.6) is 11.5 Å². The Bertz CT molecular complexity index is 1250. The fraction of sp³-hybridized carbons (Fsp3) is 0.429. The molecule has 0 saturated carbocycles. The zero-order valence-electron chi connectivity index (χ0n) is 20.4. The first-order valence-corrected chi connectivity index (χ1v) is 12.6. The molecule has 5 rings (SSSR count). The summed E-state index contributed by atoms with van der Waals surface area (Å²) < 4.78 is 18.1. The summed E-state index contributed by atoms with van der Waals surface area (Å²) in [7, 11) is 0. The number of Topliss-reactive ketones (excluding diaryl/α,β-unsaturated/α-hetero) is 1. The molecule has 0 aromatic heterocycles. The largest absolute Gasteiger partial charge is 0.456 e. The molecule has 2 aromatic carbocycles. The lowest BCUT2D eigenvalue weighted by Crippen LogP contribution is -2.31. The van der Waals surface area contributed by atoms with E-state index in [0.29, 0.717) is 32.9 Å². The first kappa shape index (κ1) is 24.4. The number of ether oxygens (including phenoxy) is 3. The Balaban J connectivity index is 1.57. The molecule has 7 heteroatoms. The van der Waals surface area contributed by atoms with E-state index in [2.05, 4.69) is 0 Å². The molecule has 1 aliphatic carbocycles. The van der Waals surface area contributed by atoms with Gasteiger partial charge in [-0.05, 0) is 94.5 Å². The molecular formula is C28H28Cl2O5. The number of hydrogen-bond donors (Lipinski definition) is 0. The van der Waals surface area contributed by atoms with Crippen molar-refractivity contribution in [2.24, 2.45) is 17.3 Å². The maximum Gasteiger partial charge on any atom is 0.316 e. The molecular weight excluding hydrogens is 487 g/mol. The lowest BCUT2D eigenvalue weighted by Gasteiger charge is -2.24. The predicted molar refractivity (Wildman–Crippen MR) is 135 cm³/mol. The highest BCUT2D eigenvalue weighted by Gasteiger charge is 2.60. The summed E-state index contributed by atoms with van der Waals surface area (Å²) in [6.45, 7) is 9.30. The molecule has 0 N–H and O–H groups in total. The normalized spacial score (nSPS) is 25.3. The molecule has 2 aliphatic heterocycles. The minimum Gasteiger partial charge on any atom is -0.456 e. The lowest BCUT2D eigenvalue weighted by molar-refractivity contribution is -0.149. The maximum atomic E-state index is 13.8. The molecule has 0 amide bonds. The Labute approximate surface area is 215 Å². The lowest BCUT2D eigenvalue weighted by atomic mass is 9.80. The molecule has 0 spiro atoms. The first-order chi connectivity index (χ1) is 16.5. The van der Waals surface area contributed by atoms with Gasteiger partial charge in [0, 0.05) is 5.02 Å². The zero-order valence-corrected chi connectivity index (χ0v) is 21.9. The van der Waals surface area contributed by atoms with E-state index in [4.69, 9.17) is 37.4 Å². The Morgan fingerprint density at radius 2 is 1.63 bits per heavy atom. The summed E-state index contributed by atoms with van der Waals surface area (Å²) in [6, 6.07) is 8.79. The van der Waals surface area contributed by atoms with Crippen LogP contribution in [0.15, 0.2) is 36.1 Å². The fourth-order valence-electron chi connectivity index (χ4n) is 5.48. The van der Waals surface area contributed by atoms with Crippen LogP contribution in [-0.2, 0) is 19.1 Å². The van der Waals surface area contributed by atoms with E-state index in [9.17, 15) is 9.59 Å². The number of carbonyl (C=O) groups is 2. The Morgan fingerprint density at radius 3 is 2.23 bits per heavy atom. The molecule has 5 nitrogen and oxygen atoms in total. The van der Waals surface area contributed by atoms with Crippen molar-refractivity contribution in [2.45, 2.75) is 59.7 Å². The number of fused-ring (bicyclic) bond motifs is 5. The number of ketones is 1. The molecule has 0 unspecified atom stereocenters. The van der Waals surface area contributed by atoms with Gasteiger partial charge in [0.25, 0.3) is 0 Å². The average molecular weight is 515 g/mol. The van der Waals surface area contributed by atoms with Crippen molar-refractivity contribution in [2.75, 3.05) is 0 Å². The van der Waals surface area contributed by atoms with Gasteiger partial charge in [0.05, 0.1) is 40.1 Å². The van der Waals surface area contributed by atoms with Crippen LogP contribution in [0.2, 0.25) is 10.0 Å². The Hall–Kier alpha value is -2.34. The van der Waals surface area contributed by atoms with Gasteiger partial charge < -0.3 is 14.2 Å². The van der Waals surface area contributed by atoms with Gasteiger partial charge in [-0.15, -0.1) is 0 Å². The third-order valence-electron chi connectivity index (χ3n) is 7.06. The van der Waals surface area contributed by atoms with Gasteiger partial charge in [0.15, 0.2) is 5.78 Å². The second-order valence-corrected chi connectivity index (χ2v) is 11.5. The highest BCUT2D eigenvalue weighted by molar-refractivity contribution is 6.35. The number of benzene rings is 2. The zero-order chi connectivity index (χ0) is 25.2. The van der Waals surface area contributed by atoms with Gasteiger partial charge in [-0.2, -0.15) is 0 Å². The number of carbonyl (C=O) groups excluding carboxylic acids is 2. The number of rotatable bonds is 4. The third-order valence-corrected chi connectivity index (χ3v) is 7.59. The standard InChI is InChI=1S/C28H28Cl2O5/c1-13-10-16(33-18-7-6-15(29)12-17(18)30)11-14(2)21(13)24-25(31)22-19-8-9-20(34-19)23(22)26(24)35-27(32)28(3,4)5/h6-7,10-12,19-20,22-23H,8-9H2,1-5H3/t19-,20+,22+,23-/m1/s1. The molecule has 0 radical (unpaired) electrons. The minimum atomic E-state index is -0.697. The van der Waals surface area contributed by atoms with E-state index in [1.165, 1.54) is 0 Å². The second-order valence-electron chi connectivity index (χ2n) is 10.7. The number of allylic oxidation sites excluding steroid dienone is 1. The van der Waals surface area contributed by atoms with Crippen LogP contribution >= 0.6 is 23.2 Å². The maximum absolute atomic E-state index is 13.8. The quantitative estimate of drug-likeness (QED) is 0.408. The van der Waals surface area contributed by atoms with E-state index in [1.807, 2.05) is 46.8 Å². The molecule has 2 bridgehead atoms. The van der Waals surface area contributed by atoms with Crippen molar-refractivity contribution in [1.29, 1.82) is 0 Å². The van der Waals surface area contributed by atoms with Crippen LogP contribution < -0.4 is 4.74 Å². The fourth-order valence-corrected chi connectivity index (χ4v) is 5.93. The van der Waals surface area contributed by atoms with E-state index >= 15 is 0 Å². The smallest absolute Gasteiger partial charge is 0.316 e. The molecule has 2 heterocycles. The van der Waals surface area contributed by atoms with Crippen molar-refractivity contribution in [1.82, 2.24) is 0 Å². The average Bonchev–Trinajstić information content (AvgIpc) is 3.44. The Morgan fingerprint density at radius 1 is 1.00 bits per heavy atom. The van der Waals surface area contributed by atoms with Crippen LogP contribution in [0.3, 0.4) is 0 Å². The van der Waals surface area contributed by atoms with Crippen LogP contribution in [-0.4, -0.2) is 24.0 Å². The molecule has 4 atom stereocenters. The van der Waals surface area contributed by atoms with Crippen molar-refractivity contribution in [3.8, 4) is 11.5 Å². The molecule has 2 saturated heterocycles. The van der Waals surface area contributed by atoms with Crippen molar-refractivity contribution >= 4 is 40.5 Å². The number of hydrogen-bond acceptors (Lipinski definition) is 5. The van der Waals surface area contributed by atoms with Crippen molar-refractivity contribution < 1.29 is 23.8 Å². The highest BCUT2D eigenvalue weighted by atomic mass is 35.5. The van der Waals surface area contributed by atoms with Gasteiger partial charge in [-0.25, -0.2) is 0 Å². The number of halogens is 2. The van der Waals surface area contributed by atoms with Crippen molar-refractivity contribution in [3.05, 3.63) is 62.8 Å². The van der Waals surface area contributed by atoms with Gasteiger partial charge in [0.1, 0.15) is 17.3 Å². The predicted octanol–water partition coefficient (Wildman–Crippen LogP) is 7.08. The number of esters is 1. The topological polar surface area (TPSA) is 61.8 Å². The third kappa shape index (κ3) is 4.18. The summed E-state index contributed by atoms with van der Waals surface area (Å²) in [5.41, 5.74) is 2.30. The molecule has 35 heavy (non-hydrogen) atoms. The Kier molecular flexibility index (Phi) is 6.02. The summed E-state index contributed by atoms with van der Waals surface area (Å²) in [5, 5.41) is 0.933. The van der Waals surface area contributed by atoms with E-state index in [0.717, 1.165) is 29.5 Å². The SMILES string of the molecule is Cc1cc(Oc2ccc(Cl)cc2Cl)cc(C)c1C1=C(OC(=O)C(C)(C)C)[C@H]2[C@@H](C1=O)[C@H]1CC[C@@H]2O1. The van der Waals surface area contributed by atoms with Gasteiger partial charge in [-0.1, -0.05) is 23.2 Å². The van der Waals surface area contributed by atoms with Crippen LogP contribution in [0, 0.1) is 31.1 Å². The highest BCUT2D eigenvalue weighted by Crippen LogP contribution is 2.55.